The summed E-state index contributed by atoms with van der Waals surface area (Å²) in [6, 6.07) is 0.713. The Bertz CT molecular complexity index is 188. The molecule has 0 aromatic rings. The van der Waals surface area contributed by atoms with E-state index in [0.29, 0.717) is 6.04 Å². The summed E-state index contributed by atoms with van der Waals surface area (Å²) in [4.78, 5) is 0. The van der Waals surface area contributed by atoms with Crippen LogP contribution in [0.4, 0.5) is 0 Å². The summed E-state index contributed by atoms with van der Waals surface area (Å²) in [5.74, 6) is 3.39. The van der Waals surface area contributed by atoms with Crippen LogP contribution in [0, 0.1) is 23.7 Å². The lowest BCUT2D eigenvalue weighted by Crippen LogP contribution is -2.31. The Morgan fingerprint density at radius 3 is 1.94 bits per heavy atom. The average molecular weight is 255 g/mol. The Labute approximate surface area is 116 Å². The second-order valence-corrected chi connectivity index (χ2v) is 6.77. The van der Waals surface area contributed by atoms with Gasteiger partial charge in [-0.2, -0.15) is 0 Å². The molecule has 4 unspecified atom stereocenters. The zero-order chi connectivity index (χ0) is 14.1. The second-order valence-electron chi connectivity index (χ2n) is 6.77. The zero-order valence-corrected chi connectivity index (χ0v) is 13.9. The topological polar surface area (TPSA) is 12.0 Å². The van der Waals surface area contributed by atoms with Crippen LogP contribution in [-0.4, -0.2) is 13.1 Å². The van der Waals surface area contributed by atoms with Crippen LogP contribution in [0.25, 0.3) is 0 Å². The lowest BCUT2D eigenvalue weighted by molar-refractivity contribution is 0.301. The molecule has 18 heavy (non-hydrogen) atoms. The van der Waals surface area contributed by atoms with Gasteiger partial charge in [0, 0.05) is 6.04 Å². The molecule has 110 valence electrons. The minimum atomic E-state index is 0.713. The van der Waals surface area contributed by atoms with Crippen LogP contribution in [0.3, 0.4) is 0 Å². The molecule has 0 aliphatic rings. The maximum atomic E-state index is 3.49. The van der Waals surface area contributed by atoms with Crippen molar-refractivity contribution >= 4 is 0 Å². The molecule has 0 amide bonds. The van der Waals surface area contributed by atoms with Crippen molar-refractivity contribution < 1.29 is 0 Å². The summed E-state index contributed by atoms with van der Waals surface area (Å²) < 4.78 is 0. The highest BCUT2D eigenvalue weighted by atomic mass is 14.9. The number of hydrogen-bond acceptors (Lipinski definition) is 1. The van der Waals surface area contributed by atoms with E-state index in [-0.39, 0.29) is 0 Å². The van der Waals surface area contributed by atoms with Gasteiger partial charge in [-0.1, -0.05) is 60.8 Å². The summed E-state index contributed by atoms with van der Waals surface area (Å²) >= 11 is 0. The summed E-state index contributed by atoms with van der Waals surface area (Å²) in [6.07, 6.45) is 6.79. The van der Waals surface area contributed by atoms with Gasteiger partial charge in [-0.25, -0.2) is 0 Å². The van der Waals surface area contributed by atoms with E-state index in [1.807, 2.05) is 0 Å². The molecule has 0 aromatic carbocycles. The highest BCUT2D eigenvalue weighted by Crippen LogP contribution is 2.24. The first-order valence-electron chi connectivity index (χ1n) is 8.09. The Balaban J connectivity index is 3.81. The van der Waals surface area contributed by atoms with Crippen molar-refractivity contribution in [3.8, 4) is 0 Å². The monoisotopic (exact) mass is 255 g/mol. The Kier molecular flexibility index (Phi) is 9.81. The molecule has 0 saturated carbocycles. The molecule has 0 spiro atoms. The van der Waals surface area contributed by atoms with Gasteiger partial charge in [0.1, 0.15) is 0 Å². The van der Waals surface area contributed by atoms with E-state index in [0.717, 1.165) is 23.7 Å². The molecule has 0 aliphatic heterocycles. The van der Waals surface area contributed by atoms with E-state index in [9.17, 15) is 0 Å². The third-order valence-corrected chi connectivity index (χ3v) is 4.83. The predicted molar refractivity (Wildman–Crippen MR) is 83.9 cm³/mol. The third-order valence-electron chi connectivity index (χ3n) is 4.83. The van der Waals surface area contributed by atoms with Crippen LogP contribution in [0.1, 0.15) is 73.6 Å². The molecular formula is C17H37N. The van der Waals surface area contributed by atoms with Gasteiger partial charge in [0.15, 0.2) is 0 Å². The van der Waals surface area contributed by atoms with Gasteiger partial charge in [-0.05, 0) is 43.6 Å². The minimum absolute atomic E-state index is 0.713. The van der Waals surface area contributed by atoms with Gasteiger partial charge in [0.25, 0.3) is 0 Å². The van der Waals surface area contributed by atoms with Crippen molar-refractivity contribution in [2.24, 2.45) is 23.7 Å². The first-order valence-corrected chi connectivity index (χ1v) is 8.09. The average Bonchev–Trinajstić information content (AvgIpc) is 2.33. The van der Waals surface area contributed by atoms with Gasteiger partial charge >= 0.3 is 0 Å². The van der Waals surface area contributed by atoms with Crippen LogP contribution < -0.4 is 5.32 Å². The van der Waals surface area contributed by atoms with Crippen LogP contribution in [-0.2, 0) is 0 Å². The Hall–Kier alpha value is -0.0400. The van der Waals surface area contributed by atoms with Crippen LogP contribution in [0.2, 0.25) is 0 Å². The SMILES string of the molecule is CCC(C)C(CCCC(C)CC(C)C(C)C)NC. The van der Waals surface area contributed by atoms with Crippen LogP contribution in [0.15, 0.2) is 0 Å². The highest BCUT2D eigenvalue weighted by molar-refractivity contribution is 4.71. The summed E-state index contributed by atoms with van der Waals surface area (Å²) in [6.45, 7) is 14.2. The van der Waals surface area contributed by atoms with E-state index >= 15 is 0 Å². The van der Waals surface area contributed by atoms with E-state index in [2.05, 4.69) is 53.9 Å². The van der Waals surface area contributed by atoms with Crippen LogP contribution in [0.5, 0.6) is 0 Å². The molecule has 1 N–H and O–H groups in total. The van der Waals surface area contributed by atoms with Gasteiger partial charge in [0.05, 0.1) is 0 Å². The number of hydrogen-bond donors (Lipinski definition) is 1. The molecule has 1 heteroatoms. The Morgan fingerprint density at radius 1 is 0.889 bits per heavy atom. The van der Waals surface area contributed by atoms with Crippen molar-refractivity contribution in [1.29, 1.82) is 0 Å². The lowest BCUT2D eigenvalue weighted by Gasteiger charge is -2.24. The number of nitrogens with one attached hydrogen (secondary N) is 1. The first-order chi connectivity index (χ1) is 8.42. The van der Waals surface area contributed by atoms with Gasteiger partial charge in [0.2, 0.25) is 0 Å². The molecule has 4 atom stereocenters. The quantitative estimate of drug-likeness (QED) is 0.572. The summed E-state index contributed by atoms with van der Waals surface area (Å²) in [5, 5.41) is 3.49. The molecule has 0 aromatic heterocycles. The molecule has 0 heterocycles. The van der Waals surface area contributed by atoms with Crippen molar-refractivity contribution in [2.45, 2.75) is 79.7 Å². The second kappa shape index (κ2) is 9.83. The molecule has 0 aliphatic carbocycles. The molecule has 1 nitrogen and oxygen atoms in total. The fourth-order valence-corrected chi connectivity index (χ4v) is 2.71. The molecular weight excluding hydrogens is 218 g/mol. The van der Waals surface area contributed by atoms with Gasteiger partial charge < -0.3 is 5.32 Å². The normalized spacial score (nSPS) is 18.7. The van der Waals surface area contributed by atoms with Gasteiger partial charge in [-0.15, -0.1) is 0 Å². The first kappa shape index (κ1) is 18.0. The molecule has 0 radical (unpaired) electrons. The summed E-state index contributed by atoms with van der Waals surface area (Å²) in [7, 11) is 2.11. The number of rotatable bonds is 10. The van der Waals surface area contributed by atoms with E-state index in [1.165, 1.54) is 32.1 Å². The summed E-state index contributed by atoms with van der Waals surface area (Å²) in [5.41, 5.74) is 0. The third kappa shape index (κ3) is 7.41. The smallest absolute Gasteiger partial charge is 0.00895 e. The van der Waals surface area contributed by atoms with Crippen molar-refractivity contribution in [2.75, 3.05) is 7.05 Å². The molecule has 0 rings (SSSR count). The molecule has 0 bridgehead atoms. The van der Waals surface area contributed by atoms with E-state index in [1.54, 1.807) is 0 Å². The van der Waals surface area contributed by atoms with Crippen molar-refractivity contribution in [3.05, 3.63) is 0 Å². The van der Waals surface area contributed by atoms with Crippen molar-refractivity contribution in [1.82, 2.24) is 5.32 Å². The zero-order valence-electron chi connectivity index (χ0n) is 13.9. The fraction of sp³-hybridized carbons (Fsp3) is 1.00. The highest BCUT2D eigenvalue weighted by Gasteiger charge is 2.15. The van der Waals surface area contributed by atoms with E-state index in [4.69, 9.17) is 0 Å². The maximum Gasteiger partial charge on any atom is 0.00895 e. The molecule has 0 fully saturated rings. The lowest BCUT2D eigenvalue weighted by atomic mass is 9.85. The maximum absolute atomic E-state index is 3.49. The standard InChI is InChI=1S/C17H37N/c1-8-15(5)17(18-7)11-9-10-14(4)12-16(6)13(2)3/h13-18H,8-12H2,1-7H3. The largest absolute Gasteiger partial charge is 0.317 e. The minimum Gasteiger partial charge on any atom is -0.317 e. The van der Waals surface area contributed by atoms with Gasteiger partial charge in [-0.3, -0.25) is 0 Å². The Morgan fingerprint density at radius 2 is 1.50 bits per heavy atom. The predicted octanol–water partition coefficient (Wildman–Crippen LogP) is 5.11. The fourth-order valence-electron chi connectivity index (χ4n) is 2.71. The molecule has 0 saturated heterocycles. The van der Waals surface area contributed by atoms with Crippen molar-refractivity contribution in [3.63, 3.8) is 0 Å². The van der Waals surface area contributed by atoms with E-state index < -0.39 is 0 Å². The van der Waals surface area contributed by atoms with Crippen LogP contribution >= 0.6 is 0 Å².